The number of rotatable bonds is 3. The van der Waals surface area contributed by atoms with Crippen molar-refractivity contribution in [2.75, 3.05) is 5.33 Å². The first-order chi connectivity index (χ1) is 5.74. The fourth-order valence-corrected chi connectivity index (χ4v) is 1.93. The number of alkyl halides is 1. The van der Waals surface area contributed by atoms with Gasteiger partial charge in [0.25, 0.3) is 0 Å². The van der Waals surface area contributed by atoms with Gasteiger partial charge in [0.2, 0.25) is 0 Å². The van der Waals surface area contributed by atoms with Crippen LogP contribution in [0.15, 0.2) is 24.3 Å². The van der Waals surface area contributed by atoms with E-state index in [4.69, 9.17) is 11.6 Å². The number of hydrogen-bond donors (Lipinski definition) is 0. The predicted molar refractivity (Wildman–Crippen MR) is 58.3 cm³/mol. The standard InChI is InChI=1S/C10H12BrCl/c1-8(6-7-11)9-2-4-10(12)5-3-9/h2-5,8H,6-7H2,1H3. The van der Waals surface area contributed by atoms with E-state index in [1.807, 2.05) is 12.1 Å². The van der Waals surface area contributed by atoms with Gasteiger partial charge < -0.3 is 0 Å². The minimum atomic E-state index is 0.613. The second kappa shape index (κ2) is 4.88. The zero-order chi connectivity index (χ0) is 8.97. The van der Waals surface area contributed by atoms with Crippen molar-refractivity contribution >= 4 is 27.5 Å². The number of benzene rings is 1. The van der Waals surface area contributed by atoms with Crippen molar-refractivity contribution in [3.63, 3.8) is 0 Å². The van der Waals surface area contributed by atoms with E-state index >= 15 is 0 Å². The van der Waals surface area contributed by atoms with Crippen molar-refractivity contribution < 1.29 is 0 Å². The van der Waals surface area contributed by atoms with Gasteiger partial charge in [-0.3, -0.25) is 0 Å². The Morgan fingerprint density at radius 2 is 1.92 bits per heavy atom. The largest absolute Gasteiger partial charge is 0.0928 e. The van der Waals surface area contributed by atoms with E-state index in [1.54, 1.807) is 0 Å². The Bertz CT molecular complexity index is 230. The quantitative estimate of drug-likeness (QED) is 0.701. The van der Waals surface area contributed by atoms with E-state index < -0.39 is 0 Å². The van der Waals surface area contributed by atoms with Crippen molar-refractivity contribution in [3.05, 3.63) is 34.9 Å². The number of hydrogen-bond acceptors (Lipinski definition) is 0. The van der Waals surface area contributed by atoms with Gasteiger partial charge in [0.05, 0.1) is 0 Å². The molecule has 1 atom stereocenters. The summed E-state index contributed by atoms with van der Waals surface area (Å²) in [5.74, 6) is 0.613. The first-order valence-corrected chi connectivity index (χ1v) is 5.55. The normalized spacial score (nSPS) is 12.9. The van der Waals surface area contributed by atoms with Crippen LogP contribution < -0.4 is 0 Å². The highest BCUT2D eigenvalue weighted by Gasteiger charge is 2.03. The summed E-state index contributed by atoms with van der Waals surface area (Å²) in [6.45, 7) is 2.23. The molecule has 0 bridgehead atoms. The van der Waals surface area contributed by atoms with Gasteiger partial charge in [-0.2, -0.15) is 0 Å². The Kier molecular flexibility index (Phi) is 4.10. The molecule has 0 aromatic heterocycles. The molecule has 0 aliphatic rings. The van der Waals surface area contributed by atoms with Crippen LogP contribution in [0.1, 0.15) is 24.8 Å². The molecule has 0 spiro atoms. The van der Waals surface area contributed by atoms with Gasteiger partial charge >= 0.3 is 0 Å². The molecule has 0 nitrogen and oxygen atoms in total. The summed E-state index contributed by atoms with van der Waals surface area (Å²) < 4.78 is 0. The SMILES string of the molecule is CC(CCBr)c1ccc(Cl)cc1. The smallest absolute Gasteiger partial charge is 0.0406 e. The molecule has 0 aliphatic heterocycles. The lowest BCUT2D eigenvalue weighted by molar-refractivity contribution is 0.744. The van der Waals surface area contributed by atoms with Crippen molar-refractivity contribution in [1.29, 1.82) is 0 Å². The molecule has 1 aromatic carbocycles. The highest BCUT2D eigenvalue weighted by Crippen LogP contribution is 2.21. The third kappa shape index (κ3) is 2.80. The first-order valence-electron chi connectivity index (χ1n) is 4.05. The molecular weight excluding hydrogens is 235 g/mol. The Morgan fingerprint density at radius 1 is 1.33 bits per heavy atom. The van der Waals surface area contributed by atoms with E-state index in [9.17, 15) is 0 Å². The average molecular weight is 248 g/mol. The van der Waals surface area contributed by atoms with Crippen LogP contribution in [0, 0.1) is 0 Å². The van der Waals surface area contributed by atoms with Crippen LogP contribution in [0.5, 0.6) is 0 Å². The first kappa shape index (κ1) is 10.1. The maximum atomic E-state index is 5.78. The van der Waals surface area contributed by atoms with Gasteiger partial charge in [-0.15, -0.1) is 0 Å². The Balaban J connectivity index is 2.68. The monoisotopic (exact) mass is 246 g/mol. The molecule has 0 N–H and O–H groups in total. The van der Waals surface area contributed by atoms with Crippen LogP contribution in [-0.4, -0.2) is 5.33 Å². The van der Waals surface area contributed by atoms with E-state index in [0.29, 0.717) is 5.92 Å². The molecule has 0 heterocycles. The summed E-state index contributed by atoms with van der Waals surface area (Å²) >= 11 is 9.22. The molecule has 0 aliphatic carbocycles. The third-order valence-electron chi connectivity index (χ3n) is 1.98. The molecule has 0 saturated carbocycles. The van der Waals surface area contributed by atoms with Gasteiger partial charge in [0.1, 0.15) is 0 Å². The predicted octanol–water partition coefficient (Wildman–Crippen LogP) is 4.23. The van der Waals surface area contributed by atoms with Crippen LogP contribution in [0.4, 0.5) is 0 Å². The second-order valence-electron chi connectivity index (χ2n) is 2.93. The van der Waals surface area contributed by atoms with Crippen LogP contribution in [0.25, 0.3) is 0 Å². The molecule has 1 aromatic rings. The lowest BCUT2D eigenvalue weighted by Gasteiger charge is -2.09. The fourth-order valence-electron chi connectivity index (χ4n) is 1.12. The molecule has 66 valence electrons. The molecule has 0 radical (unpaired) electrons. The van der Waals surface area contributed by atoms with Crippen LogP contribution in [0.3, 0.4) is 0 Å². The number of halogens is 2. The molecule has 0 amide bonds. The lowest BCUT2D eigenvalue weighted by atomic mass is 9.99. The second-order valence-corrected chi connectivity index (χ2v) is 4.16. The van der Waals surface area contributed by atoms with E-state index in [1.165, 1.54) is 12.0 Å². The molecule has 0 saturated heterocycles. The topological polar surface area (TPSA) is 0 Å². The third-order valence-corrected chi connectivity index (χ3v) is 2.69. The van der Waals surface area contributed by atoms with Gasteiger partial charge in [-0.1, -0.05) is 46.6 Å². The Labute approximate surface area is 87.1 Å². The zero-order valence-electron chi connectivity index (χ0n) is 7.06. The summed E-state index contributed by atoms with van der Waals surface area (Å²) in [5, 5.41) is 1.86. The van der Waals surface area contributed by atoms with Crippen molar-refractivity contribution in [2.45, 2.75) is 19.3 Å². The van der Waals surface area contributed by atoms with Gasteiger partial charge in [-0.25, -0.2) is 0 Å². The Morgan fingerprint density at radius 3 is 2.42 bits per heavy atom. The molecule has 1 rings (SSSR count). The summed E-state index contributed by atoms with van der Waals surface area (Å²) in [7, 11) is 0. The Hall–Kier alpha value is -0.0100. The van der Waals surface area contributed by atoms with E-state index in [0.717, 1.165) is 10.4 Å². The van der Waals surface area contributed by atoms with E-state index in [-0.39, 0.29) is 0 Å². The molecule has 12 heavy (non-hydrogen) atoms. The molecule has 1 unspecified atom stereocenters. The molecular formula is C10H12BrCl. The minimum Gasteiger partial charge on any atom is -0.0928 e. The van der Waals surface area contributed by atoms with Gasteiger partial charge in [0.15, 0.2) is 0 Å². The van der Waals surface area contributed by atoms with Crippen LogP contribution >= 0.6 is 27.5 Å². The maximum Gasteiger partial charge on any atom is 0.0406 e. The molecule has 2 heteroatoms. The highest BCUT2D eigenvalue weighted by molar-refractivity contribution is 9.09. The average Bonchev–Trinajstić information content (AvgIpc) is 2.06. The van der Waals surface area contributed by atoms with Gasteiger partial charge in [0, 0.05) is 10.4 Å². The zero-order valence-corrected chi connectivity index (χ0v) is 9.40. The summed E-state index contributed by atoms with van der Waals surface area (Å²) in [4.78, 5) is 0. The summed E-state index contributed by atoms with van der Waals surface area (Å²) in [6, 6.07) is 8.08. The summed E-state index contributed by atoms with van der Waals surface area (Å²) in [5.41, 5.74) is 1.36. The minimum absolute atomic E-state index is 0.613. The van der Waals surface area contributed by atoms with Crippen molar-refractivity contribution in [2.24, 2.45) is 0 Å². The highest BCUT2D eigenvalue weighted by atomic mass is 79.9. The maximum absolute atomic E-state index is 5.78. The van der Waals surface area contributed by atoms with Crippen LogP contribution in [0.2, 0.25) is 5.02 Å². The van der Waals surface area contributed by atoms with Gasteiger partial charge in [-0.05, 0) is 30.0 Å². The summed E-state index contributed by atoms with van der Waals surface area (Å²) in [6.07, 6.45) is 1.17. The van der Waals surface area contributed by atoms with E-state index in [2.05, 4.69) is 35.0 Å². The van der Waals surface area contributed by atoms with Crippen molar-refractivity contribution in [1.82, 2.24) is 0 Å². The lowest BCUT2D eigenvalue weighted by Crippen LogP contribution is -1.93. The fraction of sp³-hybridized carbons (Fsp3) is 0.400. The van der Waals surface area contributed by atoms with Crippen molar-refractivity contribution in [3.8, 4) is 0 Å². The van der Waals surface area contributed by atoms with Crippen LogP contribution in [-0.2, 0) is 0 Å². The molecule has 0 fully saturated rings.